The van der Waals surface area contributed by atoms with E-state index in [4.69, 9.17) is 10.6 Å². The number of ether oxygens (including phenoxy) is 1. The molecule has 1 saturated heterocycles. The number of nitrogens with two attached hydrogens (primary N) is 1. The van der Waals surface area contributed by atoms with Crippen LogP contribution in [0.2, 0.25) is 0 Å². The summed E-state index contributed by atoms with van der Waals surface area (Å²) >= 11 is 0. The molecule has 0 amide bonds. The van der Waals surface area contributed by atoms with Crippen molar-refractivity contribution < 1.29 is 4.74 Å². The lowest BCUT2D eigenvalue weighted by Gasteiger charge is -2.43. The maximum Gasteiger partial charge on any atom is 0.132 e. The summed E-state index contributed by atoms with van der Waals surface area (Å²) in [6, 6.07) is 9.09. The van der Waals surface area contributed by atoms with E-state index in [1.165, 1.54) is 19.3 Å². The second-order valence-corrected chi connectivity index (χ2v) is 10.7. The molecule has 2 saturated carbocycles. The van der Waals surface area contributed by atoms with Gasteiger partial charge in [0.1, 0.15) is 23.5 Å². The molecule has 7 nitrogen and oxygen atoms in total. The average molecular weight is 463 g/mol. The van der Waals surface area contributed by atoms with Crippen LogP contribution >= 0.6 is 0 Å². The lowest BCUT2D eigenvalue weighted by atomic mass is 10.0. The first-order chi connectivity index (χ1) is 16.3. The van der Waals surface area contributed by atoms with Gasteiger partial charge in [0.2, 0.25) is 0 Å². The molecule has 0 radical (unpaired) electrons. The Labute approximate surface area is 203 Å². The predicted molar refractivity (Wildman–Crippen MR) is 138 cm³/mol. The molecule has 34 heavy (non-hydrogen) atoms. The molecule has 3 N–H and O–H groups in total. The Morgan fingerprint density at radius 1 is 1.26 bits per heavy atom. The van der Waals surface area contributed by atoms with Gasteiger partial charge in [0.05, 0.1) is 11.4 Å². The zero-order chi connectivity index (χ0) is 23.9. The largest absolute Gasteiger partial charge is 0.488 e. The Hall–Kier alpha value is -2.64. The van der Waals surface area contributed by atoms with Crippen LogP contribution in [0.15, 0.2) is 37.2 Å². The van der Waals surface area contributed by atoms with Crippen LogP contribution in [0.1, 0.15) is 64.1 Å². The summed E-state index contributed by atoms with van der Waals surface area (Å²) in [6.45, 7) is 14.2. The Bertz CT molecular complexity index is 1050. The Morgan fingerprint density at radius 2 is 2.06 bits per heavy atom. The second-order valence-electron chi connectivity index (χ2n) is 10.7. The number of nitrogens with zero attached hydrogens (tertiary/aromatic N) is 4. The topological polar surface area (TPSA) is 79.5 Å². The number of nitrogens with one attached hydrogen (secondary N) is 1. The second kappa shape index (κ2) is 9.19. The van der Waals surface area contributed by atoms with Gasteiger partial charge in [0.25, 0.3) is 0 Å². The van der Waals surface area contributed by atoms with Crippen molar-refractivity contribution in [3.63, 3.8) is 0 Å². The fraction of sp³-hybridized carbons (Fsp3) is 0.556. The van der Waals surface area contributed by atoms with E-state index in [0.29, 0.717) is 12.1 Å². The van der Waals surface area contributed by atoms with Gasteiger partial charge in [-0.15, -0.1) is 0 Å². The van der Waals surface area contributed by atoms with Crippen molar-refractivity contribution >= 4 is 17.1 Å². The molecule has 1 aliphatic heterocycles. The molecule has 3 fully saturated rings. The number of benzene rings is 1. The van der Waals surface area contributed by atoms with Gasteiger partial charge in [-0.05, 0) is 64.2 Å². The molecule has 2 aliphatic carbocycles. The Balaban J connectivity index is 1.31. The third kappa shape index (κ3) is 5.05. The van der Waals surface area contributed by atoms with Gasteiger partial charge in [-0.1, -0.05) is 19.4 Å². The summed E-state index contributed by atoms with van der Waals surface area (Å²) in [4.78, 5) is 14.2. The summed E-state index contributed by atoms with van der Waals surface area (Å²) in [5.74, 6) is 8.55. The lowest BCUT2D eigenvalue weighted by Crippen LogP contribution is -2.55. The van der Waals surface area contributed by atoms with Crippen LogP contribution < -0.4 is 20.9 Å². The van der Waals surface area contributed by atoms with E-state index in [0.717, 1.165) is 72.5 Å². The minimum atomic E-state index is -0.0483. The molecule has 2 heterocycles. The van der Waals surface area contributed by atoms with E-state index in [9.17, 15) is 0 Å². The van der Waals surface area contributed by atoms with Crippen molar-refractivity contribution in [2.24, 2.45) is 11.8 Å². The molecular weight excluding hydrogens is 424 g/mol. The zero-order valence-electron chi connectivity index (χ0n) is 20.8. The van der Waals surface area contributed by atoms with E-state index >= 15 is 0 Å². The van der Waals surface area contributed by atoms with Crippen LogP contribution in [0.5, 0.6) is 5.75 Å². The summed E-state index contributed by atoms with van der Waals surface area (Å²) in [7, 11) is 0. The number of hydrazine groups is 1. The van der Waals surface area contributed by atoms with Crippen molar-refractivity contribution in [1.82, 2.24) is 14.9 Å². The normalized spacial score (nSPS) is 22.8. The average Bonchev–Trinajstić information content (AvgIpc) is 3.77. The summed E-state index contributed by atoms with van der Waals surface area (Å²) in [5.41, 5.74) is 6.03. The molecule has 1 aromatic carbocycles. The van der Waals surface area contributed by atoms with Crippen LogP contribution in [0.4, 0.5) is 11.5 Å². The van der Waals surface area contributed by atoms with Crippen molar-refractivity contribution in [3.05, 3.63) is 48.4 Å². The van der Waals surface area contributed by atoms with Crippen LogP contribution in [0.3, 0.4) is 0 Å². The smallest absolute Gasteiger partial charge is 0.132 e. The lowest BCUT2D eigenvalue weighted by molar-refractivity contribution is 0.128. The molecule has 3 aliphatic rings. The first-order valence-electron chi connectivity index (χ1n) is 12.7. The predicted octanol–water partition coefficient (Wildman–Crippen LogP) is 4.45. The van der Waals surface area contributed by atoms with Gasteiger partial charge in [0.15, 0.2) is 0 Å². The van der Waals surface area contributed by atoms with Crippen molar-refractivity contribution in [2.45, 2.75) is 70.6 Å². The number of hydrogen-bond donors (Lipinski definition) is 2. The number of anilines is 2. The summed E-state index contributed by atoms with van der Waals surface area (Å²) in [5, 5.41) is 0. The van der Waals surface area contributed by atoms with E-state index in [1.807, 2.05) is 24.3 Å². The molecule has 1 unspecified atom stereocenters. The molecule has 7 heteroatoms. The van der Waals surface area contributed by atoms with Gasteiger partial charge < -0.3 is 15.1 Å². The van der Waals surface area contributed by atoms with Crippen LogP contribution in [0.25, 0.3) is 5.57 Å². The maximum absolute atomic E-state index is 6.17. The minimum Gasteiger partial charge on any atom is -0.488 e. The van der Waals surface area contributed by atoms with Gasteiger partial charge in [0, 0.05) is 48.9 Å². The monoisotopic (exact) mass is 462 g/mol. The summed E-state index contributed by atoms with van der Waals surface area (Å²) < 4.78 is 6.17. The fourth-order valence-corrected chi connectivity index (χ4v) is 5.15. The number of hydrogen-bond acceptors (Lipinski definition) is 7. The van der Waals surface area contributed by atoms with Crippen LogP contribution in [-0.2, 0) is 0 Å². The van der Waals surface area contributed by atoms with Crippen LogP contribution in [-0.4, -0.2) is 52.2 Å². The van der Waals surface area contributed by atoms with E-state index < -0.39 is 0 Å². The first-order valence-corrected chi connectivity index (χ1v) is 12.7. The number of rotatable bonds is 9. The minimum absolute atomic E-state index is 0.0483. The molecule has 182 valence electrons. The van der Waals surface area contributed by atoms with Gasteiger partial charge >= 0.3 is 0 Å². The number of piperazine rings is 1. The quantitative estimate of drug-likeness (QED) is 0.421. The van der Waals surface area contributed by atoms with Gasteiger partial charge in [-0.2, -0.15) is 0 Å². The van der Waals surface area contributed by atoms with Gasteiger partial charge in [-0.25, -0.2) is 9.97 Å². The molecule has 2 aromatic rings. The van der Waals surface area contributed by atoms with Crippen molar-refractivity contribution in [1.29, 1.82) is 0 Å². The highest BCUT2D eigenvalue weighted by molar-refractivity contribution is 5.84. The molecule has 0 spiro atoms. The maximum atomic E-state index is 6.17. The highest BCUT2D eigenvalue weighted by Gasteiger charge is 2.40. The molecule has 2 atom stereocenters. The third-order valence-electron chi connectivity index (χ3n) is 7.69. The highest BCUT2D eigenvalue weighted by atomic mass is 16.5. The molecule has 5 rings (SSSR count). The first kappa shape index (κ1) is 23.1. The van der Waals surface area contributed by atoms with Crippen LogP contribution in [0, 0.1) is 5.92 Å². The van der Waals surface area contributed by atoms with Crippen molar-refractivity contribution in [2.75, 3.05) is 30.0 Å². The summed E-state index contributed by atoms with van der Waals surface area (Å²) in [6.07, 6.45) is 7.98. The van der Waals surface area contributed by atoms with Crippen molar-refractivity contribution in [3.8, 4) is 5.75 Å². The van der Waals surface area contributed by atoms with E-state index in [2.05, 4.69) is 52.5 Å². The molecule has 1 aromatic heterocycles. The van der Waals surface area contributed by atoms with E-state index in [-0.39, 0.29) is 5.60 Å². The Kier molecular flexibility index (Phi) is 6.25. The number of nitrogen functional groups attached to an aromatic ring is 1. The highest BCUT2D eigenvalue weighted by Crippen LogP contribution is 2.41. The van der Waals surface area contributed by atoms with Gasteiger partial charge in [-0.3, -0.25) is 10.7 Å². The molecular formula is C27H38N6O. The molecule has 0 bridgehead atoms. The van der Waals surface area contributed by atoms with E-state index in [1.54, 1.807) is 6.33 Å². The third-order valence-corrected chi connectivity index (χ3v) is 7.69. The fourth-order valence-electron chi connectivity index (χ4n) is 5.15. The standard InChI is InChI=1S/C27H38N6O/c1-18(13-21-5-6-21)33-12-11-32(16-19(33)2)26-15-25(29-17-30-26)20(3)23-14-22(7-8-24(23)31-28)34-27(4)9-10-27/h7-8,14-15,17-19,21,31H,3,5-6,9-13,16,28H2,1-2,4H3/t18?,19-/m0/s1. The number of aromatic nitrogens is 2. The SMILES string of the molecule is C=C(c1cc(N2CCN(C(C)CC3CC3)[C@@H](C)C2)ncn1)c1cc(OC2(C)CC2)ccc1NN. The Morgan fingerprint density at radius 3 is 2.74 bits per heavy atom. The zero-order valence-corrected chi connectivity index (χ0v) is 20.8.